The summed E-state index contributed by atoms with van der Waals surface area (Å²) in [5.74, 6) is 0.139. The quantitative estimate of drug-likeness (QED) is 0.596. The molecule has 0 aliphatic rings. The van der Waals surface area contributed by atoms with E-state index in [9.17, 15) is 9.59 Å². The monoisotopic (exact) mass is 398 g/mol. The Morgan fingerprint density at radius 3 is 2.41 bits per heavy atom. The molecule has 2 aromatic rings. The van der Waals surface area contributed by atoms with Gasteiger partial charge in [0, 0.05) is 20.3 Å². The number of rotatable bonds is 10. The van der Waals surface area contributed by atoms with Crippen LogP contribution >= 0.6 is 0 Å². The Kier molecular flexibility index (Phi) is 8.68. The number of ether oxygens (including phenoxy) is 2. The molecule has 1 unspecified atom stereocenters. The standard InChI is InChI=1S/C23H30N2O4/c1-5-21(29-18-14-16(2)13-17(3)15-18)23(27)25-20-10-7-6-9-19(20)22(26)24-11-8-12-28-4/h6-7,9-10,13-15,21H,5,8,11-12H2,1-4H3,(H,24,26)(H,25,27). The summed E-state index contributed by atoms with van der Waals surface area (Å²) < 4.78 is 10.9. The minimum Gasteiger partial charge on any atom is -0.481 e. The molecule has 0 aliphatic heterocycles. The molecule has 0 aliphatic carbocycles. The molecular weight excluding hydrogens is 368 g/mol. The van der Waals surface area contributed by atoms with Crippen LogP contribution in [0, 0.1) is 13.8 Å². The first-order chi connectivity index (χ1) is 13.9. The second-order valence-electron chi connectivity index (χ2n) is 6.98. The van der Waals surface area contributed by atoms with Crippen LogP contribution in [0.2, 0.25) is 0 Å². The van der Waals surface area contributed by atoms with E-state index in [1.165, 1.54) is 0 Å². The number of methoxy groups -OCH3 is 1. The van der Waals surface area contributed by atoms with E-state index in [0.29, 0.717) is 36.6 Å². The lowest BCUT2D eigenvalue weighted by molar-refractivity contribution is -0.122. The van der Waals surface area contributed by atoms with Gasteiger partial charge in [0.2, 0.25) is 0 Å². The molecular formula is C23H30N2O4. The normalized spacial score (nSPS) is 11.6. The number of anilines is 1. The molecule has 0 radical (unpaired) electrons. The predicted octanol–water partition coefficient (Wildman–Crippen LogP) is 3.87. The SMILES string of the molecule is CCC(Oc1cc(C)cc(C)c1)C(=O)Nc1ccccc1C(=O)NCCCOC. The van der Waals surface area contributed by atoms with Gasteiger partial charge in [-0.25, -0.2) is 0 Å². The summed E-state index contributed by atoms with van der Waals surface area (Å²) in [5.41, 5.74) is 3.03. The second-order valence-corrected chi connectivity index (χ2v) is 6.98. The van der Waals surface area contributed by atoms with Crippen LogP contribution in [0.25, 0.3) is 0 Å². The first kappa shape index (κ1) is 22.4. The molecule has 0 fully saturated rings. The molecule has 1 atom stereocenters. The lowest BCUT2D eigenvalue weighted by atomic mass is 10.1. The summed E-state index contributed by atoms with van der Waals surface area (Å²) in [7, 11) is 1.62. The molecule has 29 heavy (non-hydrogen) atoms. The van der Waals surface area contributed by atoms with Gasteiger partial charge in [0.1, 0.15) is 5.75 Å². The zero-order chi connectivity index (χ0) is 21.2. The van der Waals surface area contributed by atoms with Crippen LogP contribution in [0.3, 0.4) is 0 Å². The number of carbonyl (C=O) groups is 2. The van der Waals surface area contributed by atoms with Crippen LogP contribution in [0.1, 0.15) is 41.3 Å². The maximum absolute atomic E-state index is 12.8. The minimum absolute atomic E-state index is 0.236. The third-order valence-electron chi connectivity index (χ3n) is 4.38. The molecule has 0 heterocycles. The minimum atomic E-state index is -0.658. The van der Waals surface area contributed by atoms with Crippen molar-refractivity contribution < 1.29 is 19.1 Å². The summed E-state index contributed by atoms with van der Waals surface area (Å²) in [4.78, 5) is 25.3. The largest absolute Gasteiger partial charge is 0.481 e. The zero-order valence-electron chi connectivity index (χ0n) is 17.6. The first-order valence-electron chi connectivity index (χ1n) is 9.86. The molecule has 2 aromatic carbocycles. The highest BCUT2D eigenvalue weighted by atomic mass is 16.5. The van der Waals surface area contributed by atoms with E-state index in [2.05, 4.69) is 16.7 Å². The Bertz CT molecular complexity index is 815. The maximum atomic E-state index is 12.8. The van der Waals surface area contributed by atoms with Crippen LogP contribution in [-0.4, -0.2) is 38.2 Å². The van der Waals surface area contributed by atoms with E-state index in [4.69, 9.17) is 9.47 Å². The summed E-state index contributed by atoms with van der Waals surface area (Å²) in [6.07, 6.45) is 0.567. The average molecular weight is 399 g/mol. The molecule has 2 amide bonds. The summed E-state index contributed by atoms with van der Waals surface area (Å²) in [5, 5.41) is 5.69. The van der Waals surface area contributed by atoms with Crippen LogP contribution in [0.15, 0.2) is 42.5 Å². The fourth-order valence-corrected chi connectivity index (χ4v) is 3.00. The van der Waals surface area contributed by atoms with Crippen molar-refractivity contribution in [3.05, 3.63) is 59.2 Å². The Labute approximate surface area is 172 Å². The van der Waals surface area contributed by atoms with Gasteiger partial charge in [-0.05, 0) is 62.1 Å². The Morgan fingerprint density at radius 2 is 1.76 bits per heavy atom. The highest BCUT2D eigenvalue weighted by Gasteiger charge is 2.21. The van der Waals surface area contributed by atoms with Gasteiger partial charge in [0.25, 0.3) is 11.8 Å². The van der Waals surface area contributed by atoms with Gasteiger partial charge >= 0.3 is 0 Å². The lowest BCUT2D eigenvalue weighted by Gasteiger charge is -2.19. The van der Waals surface area contributed by atoms with Crippen molar-refractivity contribution in [2.45, 2.75) is 39.7 Å². The fourth-order valence-electron chi connectivity index (χ4n) is 3.00. The average Bonchev–Trinajstić information content (AvgIpc) is 2.69. The number of nitrogens with one attached hydrogen (secondary N) is 2. The number of aryl methyl sites for hydroxylation is 2. The number of amides is 2. The third-order valence-corrected chi connectivity index (χ3v) is 4.38. The molecule has 0 bridgehead atoms. The maximum Gasteiger partial charge on any atom is 0.265 e. The van der Waals surface area contributed by atoms with Crippen molar-refractivity contribution in [1.29, 1.82) is 0 Å². The summed E-state index contributed by atoms with van der Waals surface area (Å²) in [6.45, 7) is 6.95. The molecule has 6 heteroatoms. The smallest absolute Gasteiger partial charge is 0.265 e. The van der Waals surface area contributed by atoms with Crippen molar-refractivity contribution in [3.8, 4) is 5.75 Å². The van der Waals surface area contributed by atoms with Crippen molar-refractivity contribution >= 4 is 17.5 Å². The molecule has 0 saturated carbocycles. The van der Waals surface area contributed by atoms with Crippen molar-refractivity contribution in [2.75, 3.05) is 25.6 Å². The highest BCUT2D eigenvalue weighted by Crippen LogP contribution is 2.20. The van der Waals surface area contributed by atoms with E-state index >= 15 is 0 Å². The van der Waals surface area contributed by atoms with Gasteiger partial charge in [-0.15, -0.1) is 0 Å². The van der Waals surface area contributed by atoms with Gasteiger partial charge in [0.15, 0.2) is 6.10 Å². The van der Waals surface area contributed by atoms with Crippen LogP contribution in [-0.2, 0) is 9.53 Å². The van der Waals surface area contributed by atoms with Gasteiger partial charge in [-0.1, -0.05) is 25.1 Å². The third kappa shape index (κ3) is 6.91. The van der Waals surface area contributed by atoms with E-state index in [1.807, 2.05) is 32.9 Å². The van der Waals surface area contributed by atoms with Crippen LogP contribution < -0.4 is 15.4 Å². The van der Waals surface area contributed by atoms with Crippen LogP contribution in [0.4, 0.5) is 5.69 Å². The summed E-state index contributed by atoms with van der Waals surface area (Å²) >= 11 is 0. The van der Waals surface area contributed by atoms with Gasteiger partial charge < -0.3 is 20.1 Å². The molecule has 0 aromatic heterocycles. The number of hydrogen-bond donors (Lipinski definition) is 2. The fraction of sp³-hybridized carbons (Fsp3) is 0.391. The Balaban J connectivity index is 2.07. The molecule has 6 nitrogen and oxygen atoms in total. The number of para-hydroxylation sites is 1. The van der Waals surface area contributed by atoms with Crippen LogP contribution in [0.5, 0.6) is 5.75 Å². The van der Waals surface area contributed by atoms with Crippen molar-refractivity contribution in [1.82, 2.24) is 5.32 Å². The van der Waals surface area contributed by atoms with Gasteiger partial charge in [-0.2, -0.15) is 0 Å². The molecule has 156 valence electrons. The second kappa shape index (κ2) is 11.2. The molecule has 2 rings (SSSR count). The van der Waals surface area contributed by atoms with E-state index < -0.39 is 6.10 Å². The lowest BCUT2D eigenvalue weighted by Crippen LogP contribution is -2.33. The number of hydrogen-bond acceptors (Lipinski definition) is 4. The predicted molar refractivity (Wildman–Crippen MR) is 115 cm³/mol. The van der Waals surface area contributed by atoms with Crippen molar-refractivity contribution in [2.24, 2.45) is 0 Å². The Morgan fingerprint density at radius 1 is 1.07 bits per heavy atom. The van der Waals surface area contributed by atoms with Gasteiger partial charge in [-0.3, -0.25) is 9.59 Å². The molecule has 0 spiro atoms. The zero-order valence-corrected chi connectivity index (χ0v) is 17.6. The summed E-state index contributed by atoms with van der Waals surface area (Å²) in [6, 6.07) is 12.8. The number of carbonyl (C=O) groups excluding carboxylic acids is 2. The van der Waals surface area contributed by atoms with E-state index in [0.717, 1.165) is 17.5 Å². The topological polar surface area (TPSA) is 76.7 Å². The highest BCUT2D eigenvalue weighted by molar-refractivity contribution is 6.04. The van der Waals surface area contributed by atoms with E-state index in [1.54, 1.807) is 31.4 Å². The number of benzene rings is 2. The van der Waals surface area contributed by atoms with Crippen molar-refractivity contribution in [3.63, 3.8) is 0 Å². The molecule has 0 saturated heterocycles. The van der Waals surface area contributed by atoms with Gasteiger partial charge in [0.05, 0.1) is 11.3 Å². The first-order valence-corrected chi connectivity index (χ1v) is 9.86. The van der Waals surface area contributed by atoms with E-state index in [-0.39, 0.29) is 11.8 Å². The molecule has 2 N–H and O–H groups in total. The Hall–Kier alpha value is -2.86.